The zero-order valence-electron chi connectivity index (χ0n) is 20.1. The Kier molecular flexibility index (Phi) is 7.59. The van der Waals surface area contributed by atoms with Crippen LogP contribution in [0.15, 0.2) is 59.5 Å². The minimum Gasteiger partial charge on any atom is -0.493 e. The molecule has 3 aromatic rings. The quantitative estimate of drug-likeness (QED) is 0.450. The summed E-state index contributed by atoms with van der Waals surface area (Å²) in [7, 11) is 0.807. The number of nitrogens with zero attached hydrogens (tertiary/aromatic N) is 2. The Morgan fingerprint density at radius 3 is 2.47 bits per heavy atom. The number of sulfonamides is 1. The van der Waals surface area contributed by atoms with Crippen molar-refractivity contribution in [1.29, 1.82) is 5.26 Å². The lowest BCUT2D eigenvalue weighted by Crippen LogP contribution is -2.21. The number of rotatable bonds is 8. The van der Waals surface area contributed by atoms with Crippen LogP contribution in [0.3, 0.4) is 0 Å². The summed E-state index contributed by atoms with van der Waals surface area (Å²) >= 11 is 6.33. The zero-order chi connectivity index (χ0) is 25.9. The smallest absolute Gasteiger partial charge is 0.262 e. The van der Waals surface area contributed by atoms with E-state index in [4.69, 9.17) is 25.8 Å². The van der Waals surface area contributed by atoms with Gasteiger partial charge in [-0.15, -0.1) is 0 Å². The molecule has 8 nitrogen and oxygen atoms in total. The van der Waals surface area contributed by atoms with Crippen molar-refractivity contribution in [1.82, 2.24) is 4.90 Å². The van der Waals surface area contributed by atoms with E-state index in [0.29, 0.717) is 38.9 Å². The lowest BCUT2D eigenvalue weighted by atomic mass is 10.0. The van der Waals surface area contributed by atoms with Gasteiger partial charge in [0, 0.05) is 30.8 Å². The van der Waals surface area contributed by atoms with Gasteiger partial charge in [-0.05, 0) is 49.4 Å². The van der Waals surface area contributed by atoms with Crippen LogP contribution in [0.5, 0.6) is 17.2 Å². The van der Waals surface area contributed by atoms with Gasteiger partial charge < -0.3 is 19.1 Å². The summed E-state index contributed by atoms with van der Waals surface area (Å²) in [6, 6.07) is 16.5. The molecule has 0 unspecified atom stereocenters. The summed E-state index contributed by atoms with van der Waals surface area (Å²) in [6.45, 7) is 1.69. The number of nitriles is 1. The molecular formula is C26H26ClN3O5S. The van der Waals surface area contributed by atoms with Gasteiger partial charge in [0.1, 0.15) is 11.9 Å². The van der Waals surface area contributed by atoms with E-state index in [2.05, 4.69) is 15.7 Å². The minimum atomic E-state index is -4.11. The number of anilines is 1. The third-order valence-corrected chi connectivity index (χ3v) is 7.64. The third-order valence-electron chi connectivity index (χ3n) is 5.90. The van der Waals surface area contributed by atoms with Crippen LogP contribution in [0, 0.1) is 11.3 Å². The molecule has 0 bridgehead atoms. The van der Waals surface area contributed by atoms with E-state index in [-0.39, 0.29) is 16.7 Å². The maximum Gasteiger partial charge on any atom is 0.262 e. The van der Waals surface area contributed by atoms with Gasteiger partial charge in [-0.2, -0.15) is 5.26 Å². The Labute approximate surface area is 216 Å². The highest BCUT2D eigenvalue weighted by Gasteiger charge is 2.25. The fraction of sp³-hybridized carbons (Fsp3) is 0.269. The Hall–Kier alpha value is -3.45. The Morgan fingerprint density at radius 1 is 1.06 bits per heavy atom. The zero-order valence-corrected chi connectivity index (χ0v) is 21.7. The minimum absolute atomic E-state index is 0.0239. The maximum absolute atomic E-state index is 13.6. The summed E-state index contributed by atoms with van der Waals surface area (Å²) < 4.78 is 46.7. The highest BCUT2D eigenvalue weighted by molar-refractivity contribution is 7.92. The molecule has 0 spiro atoms. The molecule has 10 heteroatoms. The standard InChI is InChI=1S/C26H26ClN3O5S/c1-30-10-9-20(16-30)35-23-12-19(7-8-22(23)27)29-36(31,32)26-14-25(34-3)24(33-2)13-21(26)18-6-4-5-17(11-18)15-28/h4-8,11-14,20,29H,9-10,16H2,1-3H3/t20-/m1/s1. The van der Waals surface area contributed by atoms with Crippen LogP contribution < -0.4 is 18.9 Å². The number of benzene rings is 3. The lowest BCUT2D eigenvalue weighted by Gasteiger charge is -2.18. The van der Waals surface area contributed by atoms with Crippen LogP contribution in [-0.4, -0.2) is 53.8 Å². The van der Waals surface area contributed by atoms with Crippen LogP contribution in [0.4, 0.5) is 5.69 Å². The first-order valence-electron chi connectivity index (χ1n) is 11.2. The van der Waals surface area contributed by atoms with Crippen molar-refractivity contribution in [2.75, 3.05) is 39.1 Å². The molecular weight excluding hydrogens is 502 g/mol. The summed E-state index contributed by atoms with van der Waals surface area (Å²) in [5.74, 6) is 1.02. The molecule has 1 heterocycles. The molecule has 0 aliphatic carbocycles. The van der Waals surface area contributed by atoms with Crippen molar-refractivity contribution in [3.63, 3.8) is 0 Å². The van der Waals surface area contributed by atoms with Gasteiger partial charge in [0.05, 0.1) is 41.5 Å². The lowest BCUT2D eigenvalue weighted by molar-refractivity contribution is 0.208. The number of halogens is 1. The average Bonchev–Trinajstić information content (AvgIpc) is 3.29. The van der Waals surface area contributed by atoms with Gasteiger partial charge in [-0.1, -0.05) is 23.7 Å². The molecule has 4 rings (SSSR count). The first kappa shape index (κ1) is 25.6. The largest absolute Gasteiger partial charge is 0.493 e. The molecule has 1 aliphatic heterocycles. The van der Waals surface area contributed by atoms with Gasteiger partial charge in [-0.3, -0.25) is 4.72 Å². The predicted molar refractivity (Wildman–Crippen MR) is 138 cm³/mol. The molecule has 0 radical (unpaired) electrons. The molecule has 1 aliphatic rings. The van der Waals surface area contributed by atoms with E-state index < -0.39 is 10.0 Å². The Bertz CT molecular complexity index is 1420. The third kappa shape index (κ3) is 5.51. The monoisotopic (exact) mass is 527 g/mol. The van der Waals surface area contributed by atoms with Crippen molar-refractivity contribution in [3.05, 3.63) is 65.2 Å². The maximum atomic E-state index is 13.6. The fourth-order valence-electron chi connectivity index (χ4n) is 4.10. The van der Waals surface area contributed by atoms with Crippen molar-refractivity contribution in [2.45, 2.75) is 17.4 Å². The van der Waals surface area contributed by atoms with Gasteiger partial charge in [-0.25, -0.2) is 8.42 Å². The molecule has 1 atom stereocenters. The molecule has 3 aromatic carbocycles. The van der Waals surface area contributed by atoms with E-state index in [1.807, 2.05) is 7.05 Å². The SMILES string of the molecule is COc1cc(-c2cccc(C#N)c2)c(S(=O)(=O)Nc2ccc(Cl)c(O[C@@H]3CCN(C)C3)c2)cc1OC. The number of likely N-dealkylation sites (N-methyl/N-ethyl adjacent to an activating group) is 1. The van der Waals surface area contributed by atoms with Crippen molar-refractivity contribution >= 4 is 27.3 Å². The summed E-state index contributed by atoms with van der Waals surface area (Å²) in [6.07, 6.45) is 0.837. The van der Waals surface area contributed by atoms with E-state index in [0.717, 1.165) is 19.5 Å². The van der Waals surface area contributed by atoms with Gasteiger partial charge >= 0.3 is 0 Å². The predicted octanol–water partition coefficient (Wildman–Crippen LogP) is 4.78. The van der Waals surface area contributed by atoms with Crippen LogP contribution in [0.25, 0.3) is 11.1 Å². The van der Waals surface area contributed by atoms with Gasteiger partial charge in [0.15, 0.2) is 11.5 Å². The molecule has 1 saturated heterocycles. The van der Waals surface area contributed by atoms with E-state index in [1.54, 1.807) is 48.5 Å². The highest BCUT2D eigenvalue weighted by atomic mass is 35.5. The first-order valence-corrected chi connectivity index (χ1v) is 13.0. The summed E-state index contributed by atoms with van der Waals surface area (Å²) in [5.41, 5.74) is 1.60. The summed E-state index contributed by atoms with van der Waals surface area (Å²) in [4.78, 5) is 2.12. The van der Waals surface area contributed by atoms with Crippen LogP contribution in [0.1, 0.15) is 12.0 Å². The van der Waals surface area contributed by atoms with E-state index in [9.17, 15) is 13.7 Å². The van der Waals surface area contributed by atoms with Crippen LogP contribution in [0.2, 0.25) is 5.02 Å². The number of likely N-dealkylation sites (tertiary alicyclic amines) is 1. The van der Waals surface area contributed by atoms with Crippen molar-refractivity contribution in [3.8, 4) is 34.4 Å². The van der Waals surface area contributed by atoms with Crippen LogP contribution in [-0.2, 0) is 10.0 Å². The molecule has 0 saturated carbocycles. The summed E-state index contributed by atoms with van der Waals surface area (Å²) in [5, 5.41) is 9.73. The van der Waals surface area contributed by atoms with Gasteiger partial charge in [0.2, 0.25) is 0 Å². The first-order chi connectivity index (χ1) is 17.2. The second kappa shape index (κ2) is 10.7. The average molecular weight is 528 g/mol. The van der Waals surface area contributed by atoms with E-state index in [1.165, 1.54) is 20.3 Å². The molecule has 36 heavy (non-hydrogen) atoms. The van der Waals surface area contributed by atoms with Crippen molar-refractivity contribution < 1.29 is 22.6 Å². The Balaban J connectivity index is 1.74. The van der Waals surface area contributed by atoms with Gasteiger partial charge in [0.25, 0.3) is 10.0 Å². The number of nitrogens with one attached hydrogen (secondary N) is 1. The fourth-order valence-corrected chi connectivity index (χ4v) is 5.54. The molecule has 0 amide bonds. The number of hydrogen-bond donors (Lipinski definition) is 1. The molecule has 1 N–H and O–H groups in total. The highest BCUT2D eigenvalue weighted by Crippen LogP contribution is 2.39. The van der Waals surface area contributed by atoms with E-state index >= 15 is 0 Å². The molecule has 1 fully saturated rings. The Morgan fingerprint density at radius 2 is 1.81 bits per heavy atom. The normalized spacial score (nSPS) is 15.8. The van der Waals surface area contributed by atoms with Crippen molar-refractivity contribution in [2.24, 2.45) is 0 Å². The topological polar surface area (TPSA) is 101 Å². The molecule has 0 aromatic heterocycles. The number of methoxy groups -OCH3 is 2. The van der Waals surface area contributed by atoms with Crippen LogP contribution >= 0.6 is 11.6 Å². The second-order valence-corrected chi connectivity index (χ2v) is 10.5. The number of hydrogen-bond acceptors (Lipinski definition) is 7. The second-order valence-electron chi connectivity index (χ2n) is 8.44. The molecule has 188 valence electrons. The number of ether oxygens (including phenoxy) is 3.